The zero-order valence-electron chi connectivity index (χ0n) is 11.8. The molecule has 0 spiro atoms. The summed E-state index contributed by atoms with van der Waals surface area (Å²) in [6, 6.07) is 3.64. The van der Waals surface area contributed by atoms with Gasteiger partial charge in [-0.1, -0.05) is 13.8 Å². The van der Waals surface area contributed by atoms with Gasteiger partial charge in [-0.15, -0.1) is 0 Å². The molecule has 0 aliphatic heterocycles. The van der Waals surface area contributed by atoms with Gasteiger partial charge in [0.05, 0.1) is 18.8 Å². The van der Waals surface area contributed by atoms with Crippen molar-refractivity contribution < 1.29 is 14.3 Å². The summed E-state index contributed by atoms with van der Waals surface area (Å²) in [5.41, 5.74) is 0.554. The smallest absolute Gasteiger partial charge is 0.338 e. The molecule has 104 valence electrons. The molecule has 2 rings (SSSR count). The van der Waals surface area contributed by atoms with Gasteiger partial charge in [0.25, 0.3) is 0 Å². The summed E-state index contributed by atoms with van der Waals surface area (Å²) in [6.07, 6.45) is 2.80. The molecule has 1 fully saturated rings. The lowest BCUT2D eigenvalue weighted by Crippen LogP contribution is -2.57. The minimum atomic E-state index is -0.354. The van der Waals surface area contributed by atoms with E-state index in [0.717, 1.165) is 6.42 Å². The van der Waals surface area contributed by atoms with E-state index >= 15 is 0 Å². The van der Waals surface area contributed by atoms with Crippen LogP contribution in [0.2, 0.25) is 0 Å². The third kappa shape index (κ3) is 2.56. The Morgan fingerprint density at radius 2 is 2.21 bits per heavy atom. The third-order valence-electron chi connectivity index (χ3n) is 3.97. The zero-order chi connectivity index (χ0) is 14.0. The Labute approximate surface area is 113 Å². The molecule has 1 aromatic heterocycles. The molecule has 19 heavy (non-hydrogen) atoms. The molecule has 0 aromatic carbocycles. The number of hydrogen-bond acceptors (Lipinski definition) is 5. The van der Waals surface area contributed by atoms with Crippen molar-refractivity contribution in [2.45, 2.75) is 32.4 Å². The van der Waals surface area contributed by atoms with Gasteiger partial charge in [0.2, 0.25) is 0 Å². The molecule has 5 nitrogen and oxygen atoms in total. The van der Waals surface area contributed by atoms with Crippen molar-refractivity contribution in [2.75, 3.05) is 19.5 Å². The number of nitrogens with one attached hydrogen (secondary N) is 1. The van der Waals surface area contributed by atoms with Gasteiger partial charge in [0, 0.05) is 24.8 Å². The second kappa shape index (κ2) is 5.17. The number of carbonyl (C=O) groups is 1. The Morgan fingerprint density at radius 1 is 1.47 bits per heavy atom. The number of nitrogens with zero attached hydrogens (tertiary/aromatic N) is 1. The number of ether oxygens (including phenoxy) is 2. The zero-order valence-corrected chi connectivity index (χ0v) is 11.8. The van der Waals surface area contributed by atoms with E-state index in [1.165, 1.54) is 7.11 Å². The summed E-state index contributed by atoms with van der Waals surface area (Å²) in [6.45, 7) is 4.32. The molecule has 0 saturated heterocycles. The molecule has 2 atom stereocenters. The second-order valence-corrected chi connectivity index (χ2v) is 5.40. The fraction of sp³-hybridized carbons (Fsp3) is 0.571. The molecule has 1 heterocycles. The van der Waals surface area contributed by atoms with Gasteiger partial charge in [-0.05, 0) is 18.6 Å². The van der Waals surface area contributed by atoms with Gasteiger partial charge in [-0.2, -0.15) is 0 Å². The van der Waals surface area contributed by atoms with Crippen molar-refractivity contribution in [3.8, 4) is 0 Å². The van der Waals surface area contributed by atoms with Crippen LogP contribution in [-0.2, 0) is 9.47 Å². The third-order valence-corrected chi connectivity index (χ3v) is 3.97. The highest BCUT2D eigenvalue weighted by molar-refractivity contribution is 5.90. The normalized spacial score (nSPS) is 24.4. The second-order valence-electron chi connectivity index (χ2n) is 5.40. The Bertz CT molecular complexity index is 474. The van der Waals surface area contributed by atoms with Gasteiger partial charge in [-0.3, -0.25) is 0 Å². The highest BCUT2D eigenvalue weighted by Crippen LogP contribution is 2.43. The number of aromatic nitrogens is 1. The van der Waals surface area contributed by atoms with E-state index in [4.69, 9.17) is 9.47 Å². The molecular formula is C14H20N2O3. The molecule has 1 N–H and O–H groups in total. The SMILES string of the molecule is COC(=O)c1ccnc(NC2CC(OC)C2(C)C)c1. The van der Waals surface area contributed by atoms with Crippen LogP contribution in [0.1, 0.15) is 30.6 Å². The lowest BCUT2D eigenvalue weighted by molar-refractivity contribution is -0.0795. The van der Waals surface area contributed by atoms with E-state index < -0.39 is 0 Å². The number of hydrogen-bond donors (Lipinski definition) is 1. The van der Waals surface area contributed by atoms with E-state index in [-0.39, 0.29) is 23.5 Å². The topological polar surface area (TPSA) is 60.5 Å². The van der Waals surface area contributed by atoms with Crippen molar-refractivity contribution in [3.63, 3.8) is 0 Å². The van der Waals surface area contributed by atoms with Crippen LogP contribution >= 0.6 is 0 Å². The number of esters is 1. The standard InChI is InChI=1S/C14H20N2O3/c1-14(2)10(8-11(14)18-3)16-12-7-9(5-6-15-12)13(17)19-4/h5-7,10-11H,8H2,1-4H3,(H,15,16). The summed E-state index contributed by atoms with van der Waals surface area (Å²) in [5, 5.41) is 3.35. The van der Waals surface area contributed by atoms with E-state index in [9.17, 15) is 4.79 Å². The fourth-order valence-corrected chi connectivity index (χ4v) is 2.46. The summed E-state index contributed by atoms with van der Waals surface area (Å²) in [4.78, 5) is 15.7. The molecule has 0 bridgehead atoms. The van der Waals surface area contributed by atoms with Crippen LogP contribution < -0.4 is 5.32 Å². The maximum Gasteiger partial charge on any atom is 0.338 e. The molecule has 0 radical (unpaired) electrons. The number of methoxy groups -OCH3 is 2. The Kier molecular flexibility index (Phi) is 3.75. The van der Waals surface area contributed by atoms with Gasteiger partial charge in [0.1, 0.15) is 5.82 Å². The van der Waals surface area contributed by atoms with E-state index in [0.29, 0.717) is 11.4 Å². The van der Waals surface area contributed by atoms with E-state index in [1.54, 1.807) is 25.4 Å². The predicted molar refractivity (Wildman–Crippen MR) is 72.2 cm³/mol. The van der Waals surface area contributed by atoms with Gasteiger partial charge < -0.3 is 14.8 Å². The first-order chi connectivity index (χ1) is 8.98. The Morgan fingerprint density at radius 3 is 2.79 bits per heavy atom. The van der Waals surface area contributed by atoms with Crippen molar-refractivity contribution >= 4 is 11.8 Å². The Hall–Kier alpha value is -1.62. The van der Waals surface area contributed by atoms with Gasteiger partial charge in [-0.25, -0.2) is 9.78 Å². The summed E-state index contributed by atoms with van der Waals surface area (Å²) in [7, 11) is 3.10. The molecule has 0 amide bonds. The molecule has 5 heteroatoms. The molecule has 1 saturated carbocycles. The molecule has 2 unspecified atom stereocenters. The minimum Gasteiger partial charge on any atom is -0.465 e. The van der Waals surface area contributed by atoms with E-state index in [1.807, 2.05) is 0 Å². The number of carbonyl (C=O) groups excluding carboxylic acids is 1. The number of pyridine rings is 1. The first-order valence-corrected chi connectivity index (χ1v) is 6.32. The van der Waals surface area contributed by atoms with Crippen LogP contribution in [0.4, 0.5) is 5.82 Å². The average Bonchev–Trinajstić information content (AvgIpc) is 2.42. The maximum atomic E-state index is 11.5. The summed E-state index contributed by atoms with van der Waals surface area (Å²) >= 11 is 0. The summed E-state index contributed by atoms with van der Waals surface area (Å²) < 4.78 is 10.1. The first kappa shape index (κ1) is 13.8. The van der Waals surface area contributed by atoms with Crippen LogP contribution in [0.5, 0.6) is 0 Å². The van der Waals surface area contributed by atoms with Gasteiger partial charge >= 0.3 is 5.97 Å². The molecular weight excluding hydrogens is 244 g/mol. The van der Waals surface area contributed by atoms with Gasteiger partial charge in [0.15, 0.2) is 0 Å². The quantitative estimate of drug-likeness (QED) is 0.844. The van der Waals surface area contributed by atoms with Crippen molar-refractivity contribution in [2.24, 2.45) is 5.41 Å². The largest absolute Gasteiger partial charge is 0.465 e. The van der Waals surface area contributed by atoms with E-state index in [2.05, 4.69) is 24.1 Å². The summed E-state index contributed by atoms with van der Waals surface area (Å²) in [5.74, 6) is 0.337. The molecule has 1 aliphatic carbocycles. The highest BCUT2D eigenvalue weighted by Gasteiger charge is 2.48. The van der Waals surface area contributed by atoms with Crippen molar-refractivity contribution in [3.05, 3.63) is 23.9 Å². The number of anilines is 1. The fourth-order valence-electron chi connectivity index (χ4n) is 2.46. The van der Waals surface area contributed by atoms with Crippen LogP contribution in [-0.4, -0.2) is 37.3 Å². The lowest BCUT2D eigenvalue weighted by Gasteiger charge is -2.51. The first-order valence-electron chi connectivity index (χ1n) is 6.32. The van der Waals surface area contributed by atoms with Crippen LogP contribution in [0.3, 0.4) is 0 Å². The van der Waals surface area contributed by atoms with Crippen LogP contribution in [0.15, 0.2) is 18.3 Å². The van der Waals surface area contributed by atoms with Crippen LogP contribution in [0.25, 0.3) is 0 Å². The average molecular weight is 264 g/mol. The molecule has 1 aromatic rings. The number of rotatable bonds is 4. The van der Waals surface area contributed by atoms with Crippen molar-refractivity contribution in [1.82, 2.24) is 4.98 Å². The monoisotopic (exact) mass is 264 g/mol. The van der Waals surface area contributed by atoms with Crippen molar-refractivity contribution in [1.29, 1.82) is 0 Å². The minimum absolute atomic E-state index is 0.0533. The Balaban J connectivity index is 2.07. The molecule has 1 aliphatic rings. The lowest BCUT2D eigenvalue weighted by atomic mass is 9.64. The predicted octanol–water partition coefficient (Wildman–Crippen LogP) is 2.09. The van der Waals surface area contributed by atoms with Crippen LogP contribution in [0, 0.1) is 5.41 Å². The maximum absolute atomic E-state index is 11.5. The highest BCUT2D eigenvalue weighted by atomic mass is 16.5.